The van der Waals surface area contributed by atoms with Gasteiger partial charge in [-0.25, -0.2) is 4.79 Å². The van der Waals surface area contributed by atoms with Gasteiger partial charge in [0, 0.05) is 18.1 Å². The molecule has 1 saturated heterocycles. The summed E-state index contributed by atoms with van der Waals surface area (Å²) >= 11 is 0. The number of esters is 1. The van der Waals surface area contributed by atoms with Crippen LogP contribution in [0.3, 0.4) is 0 Å². The highest BCUT2D eigenvalue weighted by atomic mass is 16.5. The van der Waals surface area contributed by atoms with Crippen molar-refractivity contribution in [3.8, 4) is 0 Å². The summed E-state index contributed by atoms with van der Waals surface area (Å²) in [6, 6.07) is 0. The van der Waals surface area contributed by atoms with E-state index >= 15 is 0 Å². The summed E-state index contributed by atoms with van der Waals surface area (Å²) in [6.07, 6.45) is 1.18. The monoisotopic (exact) mass is 184 g/mol. The van der Waals surface area contributed by atoms with E-state index in [1.807, 2.05) is 6.92 Å². The molecule has 0 N–H and O–H groups in total. The summed E-state index contributed by atoms with van der Waals surface area (Å²) in [7, 11) is 0. The third-order valence-electron chi connectivity index (χ3n) is 2.31. The van der Waals surface area contributed by atoms with Crippen LogP contribution in [0.5, 0.6) is 0 Å². The van der Waals surface area contributed by atoms with Crippen LogP contribution in [0.4, 0.5) is 0 Å². The molecule has 2 unspecified atom stereocenters. The van der Waals surface area contributed by atoms with Gasteiger partial charge in [0.05, 0.1) is 12.7 Å². The van der Waals surface area contributed by atoms with Gasteiger partial charge in [-0.15, -0.1) is 0 Å². The number of carbonyl (C=O) groups is 1. The van der Waals surface area contributed by atoms with Crippen LogP contribution >= 0.6 is 0 Å². The molecule has 13 heavy (non-hydrogen) atoms. The van der Waals surface area contributed by atoms with E-state index in [-0.39, 0.29) is 12.1 Å². The Hall–Kier alpha value is -0.830. The summed E-state index contributed by atoms with van der Waals surface area (Å²) < 4.78 is 10.4. The third-order valence-corrected chi connectivity index (χ3v) is 2.31. The maximum Gasteiger partial charge on any atom is 0.333 e. The molecule has 0 spiro atoms. The van der Waals surface area contributed by atoms with Gasteiger partial charge < -0.3 is 9.47 Å². The standard InChI is InChI=1S/C10H16O3/c1-7(2)10(11)13-6-9-4-5-12-8(9)3/h8-9H,1,4-6H2,2-3H3. The van der Waals surface area contributed by atoms with Crippen LogP contribution in [0.15, 0.2) is 12.2 Å². The van der Waals surface area contributed by atoms with Crippen LogP contribution in [-0.2, 0) is 14.3 Å². The average molecular weight is 184 g/mol. The molecule has 2 atom stereocenters. The molecule has 0 saturated carbocycles. The SMILES string of the molecule is C=C(C)C(=O)OCC1CCOC1C. The molecule has 0 aliphatic carbocycles. The van der Waals surface area contributed by atoms with E-state index in [2.05, 4.69) is 6.58 Å². The number of hydrogen-bond acceptors (Lipinski definition) is 3. The normalized spacial score (nSPS) is 27.2. The lowest BCUT2D eigenvalue weighted by Gasteiger charge is -2.13. The molecular weight excluding hydrogens is 168 g/mol. The zero-order chi connectivity index (χ0) is 9.84. The Kier molecular flexibility index (Phi) is 3.48. The number of hydrogen-bond donors (Lipinski definition) is 0. The first-order chi connectivity index (χ1) is 6.11. The van der Waals surface area contributed by atoms with E-state index in [0.717, 1.165) is 13.0 Å². The lowest BCUT2D eigenvalue weighted by Crippen LogP contribution is -2.20. The summed E-state index contributed by atoms with van der Waals surface area (Å²) in [5.41, 5.74) is 0.451. The fourth-order valence-corrected chi connectivity index (χ4v) is 1.30. The second-order valence-corrected chi connectivity index (χ2v) is 3.50. The largest absolute Gasteiger partial charge is 0.462 e. The highest BCUT2D eigenvalue weighted by Crippen LogP contribution is 2.20. The molecule has 0 aromatic carbocycles. The van der Waals surface area contributed by atoms with Crippen LogP contribution in [0.25, 0.3) is 0 Å². The van der Waals surface area contributed by atoms with Gasteiger partial charge in [-0.3, -0.25) is 0 Å². The Balaban J connectivity index is 2.26. The lowest BCUT2D eigenvalue weighted by molar-refractivity contribution is -0.140. The first-order valence-electron chi connectivity index (χ1n) is 4.55. The second-order valence-electron chi connectivity index (χ2n) is 3.50. The van der Waals surface area contributed by atoms with Gasteiger partial charge >= 0.3 is 5.97 Å². The van der Waals surface area contributed by atoms with Gasteiger partial charge in [-0.05, 0) is 20.3 Å². The molecule has 0 amide bonds. The van der Waals surface area contributed by atoms with Gasteiger partial charge in [-0.1, -0.05) is 6.58 Å². The molecule has 3 heteroatoms. The molecule has 0 bridgehead atoms. The van der Waals surface area contributed by atoms with E-state index in [0.29, 0.717) is 18.1 Å². The first kappa shape index (κ1) is 10.3. The lowest BCUT2D eigenvalue weighted by atomic mass is 10.0. The van der Waals surface area contributed by atoms with Crippen molar-refractivity contribution in [1.82, 2.24) is 0 Å². The van der Waals surface area contributed by atoms with E-state index in [9.17, 15) is 4.79 Å². The zero-order valence-corrected chi connectivity index (χ0v) is 8.21. The summed E-state index contributed by atoms with van der Waals surface area (Å²) in [4.78, 5) is 11.0. The number of carbonyl (C=O) groups excluding carboxylic acids is 1. The Morgan fingerprint density at radius 3 is 2.85 bits per heavy atom. The molecule has 0 radical (unpaired) electrons. The molecule has 1 aliphatic heterocycles. The molecule has 1 rings (SSSR count). The van der Waals surface area contributed by atoms with Crippen molar-refractivity contribution in [2.45, 2.75) is 26.4 Å². The molecule has 74 valence electrons. The van der Waals surface area contributed by atoms with E-state index in [1.165, 1.54) is 0 Å². The zero-order valence-electron chi connectivity index (χ0n) is 8.21. The van der Waals surface area contributed by atoms with Crippen LogP contribution in [0, 0.1) is 5.92 Å². The summed E-state index contributed by atoms with van der Waals surface area (Å²) in [5, 5.41) is 0. The number of rotatable bonds is 3. The molecule has 0 aromatic heterocycles. The average Bonchev–Trinajstić information content (AvgIpc) is 2.47. The molecule has 1 fully saturated rings. The van der Waals surface area contributed by atoms with Crippen LogP contribution < -0.4 is 0 Å². The molecule has 0 aromatic rings. The molecule has 1 aliphatic rings. The molecule has 3 nitrogen and oxygen atoms in total. The van der Waals surface area contributed by atoms with Crippen LogP contribution in [0.1, 0.15) is 20.3 Å². The van der Waals surface area contributed by atoms with Crippen LogP contribution in [-0.4, -0.2) is 25.3 Å². The summed E-state index contributed by atoms with van der Waals surface area (Å²) in [5.74, 6) is 0.0439. The van der Waals surface area contributed by atoms with Gasteiger partial charge in [-0.2, -0.15) is 0 Å². The smallest absolute Gasteiger partial charge is 0.333 e. The second kappa shape index (κ2) is 4.42. The van der Waals surface area contributed by atoms with Gasteiger partial charge in [0.2, 0.25) is 0 Å². The van der Waals surface area contributed by atoms with Crippen molar-refractivity contribution < 1.29 is 14.3 Å². The Bertz CT molecular complexity index is 210. The van der Waals surface area contributed by atoms with Crippen LogP contribution in [0.2, 0.25) is 0 Å². The van der Waals surface area contributed by atoms with Crippen molar-refractivity contribution in [2.75, 3.05) is 13.2 Å². The fourth-order valence-electron chi connectivity index (χ4n) is 1.30. The minimum absolute atomic E-state index is 0.206. The van der Waals surface area contributed by atoms with E-state index in [1.54, 1.807) is 6.92 Å². The highest BCUT2D eigenvalue weighted by molar-refractivity contribution is 5.86. The van der Waals surface area contributed by atoms with Crippen molar-refractivity contribution in [3.05, 3.63) is 12.2 Å². The Morgan fingerprint density at radius 2 is 2.38 bits per heavy atom. The topological polar surface area (TPSA) is 35.5 Å². The van der Waals surface area contributed by atoms with Crippen molar-refractivity contribution in [2.24, 2.45) is 5.92 Å². The van der Waals surface area contributed by atoms with Gasteiger partial charge in [0.1, 0.15) is 0 Å². The maximum absolute atomic E-state index is 11.0. The third kappa shape index (κ3) is 2.84. The molecule has 1 heterocycles. The maximum atomic E-state index is 11.0. The van der Waals surface area contributed by atoms with E-state index < -0.39 is 0 Å². The summed E-state index contributed by atoms with van der Waals surface area (Å²) in [6.45, 7) is 8.39. The van der Waals surface area contributed by atoms with E-state index in [4.69, 9.17) is 9.47 Å². The minimum atomic E-state index is -0.306. The Labute approximate surface area is 78.7 Å². The number of ether oxygens (including phenoxy) is 2. The fraction of sp³-hybridized carbons (Fsp3) is 0.700. The predicted molar refractivity (Wildman–Crippen MR) is 49.3 cm³/mol. The van der Waals surface area contributed by atoms with Crippen molar-refractivity contribution in [3.63, 3.8) is 0 Å². The van der Waals surface area contributed by atoms with Gasteiger partial charge in [0.25, 0.3) is 0 Å². The highest BCUT2D eigenvalue weighted by Gasteiger charge is 2.25. The minimum Gasteiger partial charge on any atom is -0.462 e. The quantitative estimate of drug-likeness (QED) is 0.493. The van der Waals surface area contributed by atoms with Gasteiger partial charge in [0.15, 0.2) is 0 Å². The Morgan fingerprint density at radius 1 is 1.69 bits per heavy atom. The first-order valence-corrected chi connectivity index (χ1v) is 4.55. The predicted octanol–water partition coefficient (Wildman–Crippen LogP) is 1.53. The van der Waals surface area contributed by atoms with Crippen molar-refractivity contribution in [1.29, 1.82) is 0 Å². The molecular formula is C10H16O3. The van der Waals surface area contributed by atoms with Crippen molar-refractivity contribution >= 4 is 5.97 Å².